The monoisotopic (exact) mass is 330 g/mol. The predicted octanol–water partition coefficient (Wildman–Crippen LogP) is 4.08. The van der Waals surface area contributed by atoms with Gasteiger partial charge in [0.25, 0.3) is 0 Å². The molecular formula is C21H18N2O2. The van der Waals surface area contributed by atoms with Gasteiger partial charge >= 0.3 is 0 Å². The first-order valence-electron chi connectivity index (χ1n) is 8.96. The second-order valence-electron chi connectivity index (χ2n) is 7.03. The van der Waals surface area contributed by atoms with Crippen molar-refractivity contribution in [3.05, 3.63) is 59.9 Å². The van der Waals surface area contributed by atoms with E-state index in [2.05, 4.69) is 46.3 Å². The molecule has 0 fully saturated rings. The largest absolute Gasteiger partial charge is 0.491 e. The van der Waals surface area contributed by atoms with Crippen LogP contribution in [0.1, 0.15) is 29.9 Å². The van der Waals surface area contributed by atoms with E-state index in [1.807, 2.05) is 12.4 Å². The number of fused-ring (bicyclic) bond motifs is 8. The molecule has 3 aliphatic rings. The van der Waals surface area contributed by atoms with Crippen molar-refractivity contribution >= 4 is 16.5 Å². The minimum absolute atomic E-state index is 0.0756. The average molecular weight is 330 g/mol. The van der Waals surface area contributed by atoms with Gasteiger partial charge in [0.15, 0.2) is 6.23 Å². The Labute approximate surface area is 146 Å². The van der Waals surface area contributed by atoms with Gasteiger partial charge in [-0.3, -0.25) is 4.98 Å². The minimum Gasteiger partial charge on any atom is -0.491 e. The van der Waals surface area contributed by atoms with Crippen molar-refractivity contribution < 1.29 is 9.47 Å². The molecule has 6 rings (SSSR count). The molecule has 0 saturated heterocycles. The molecule has 0 amide bonds. The highest BCUT2D eigenvalue weighted by Crippen LogP contribution is 2.53. The molecule has 4 heterocycles. The Balaban J connectivity index is 1.63. The number of benzene rings is 2. The molecule has 2 bridgehead atoms. The second-order valence-corrected chi connectivity index (χ2v) is 7.03. The molecule has 0 unspecified atom stereocenters. The summed E-state index contributed by atoms with van der Waals surface area (Å²) in [7, 11) is 0. The van der Waals surface area contributed by atoms with Crippen molar-refractivity contribution in [2.24, 2.45) is 0 Å². The van der Waals surface area contributed by atoms with Crippen LogP contribution in [-0.2, 0) is 0 Å². The van der Waals surface area contributed by atoms with Crippen molar-refractivity contribution in [1.29, 1.82) is 0 Å². The lowest BCUT2D eigenvalue weighted by atomic mass is 9.80. The van der Waals surface area contributed by atoms with E-state index in [0.29, 0.717) is 5.92 Å². The Morgan fingerprint density at radius 3 is 3.08 bits per heavy atom. The Kier molecular flexibility index (Phi) is 2.64. The van der Waals surface area contributed by atoms with Crippen LogP contribution in [0.3, 0.4) is 0 Å². The molecule has 1 aromatic heterocycles. The van der Waals surface area contributed by atoms with Crippen LogP contribution >= 0.6 is 0 Å². The summed E-state index contributed by atoms with van der Waals surface area (Å²) in [6.07, 6.45) is 5.86. The summed E-state index contributed by atoms with van der Waals surface area (Å²) in [4.78, 5) is 6.67. The molecule has 0 spiro atoms. The van der Waals surface area contributed by atoms with Gasteiger partial charge < -0.3 is 14.4 Å². The second kappa shape index (κ2) is 4.88. The van der Waals surface area contributed by atoms with Crippen LogP contribution in [0, 0.1) is 0 Å². The van der Waals surface area contributed by atoms with Crippen LogP contribution in [0.2, 0.25) is 0 Å². The van der Waals surface area contributed by atoms with Gasteiger partial charge in [0.1, 0.15) is 11.5 Å². The number of ether oxygens (including phenoxy) is 2. The zero-order valence-corrected chi connectivity index (χ0v) is 13.8. The molecule has 3 aromatic rings. The van der Waals surface area contributed by atoms with Crippen molar-refractivity contribution in [3.8, 4) is 11.5 Å². The number of hydrogen-bond donors (Lipinski definition) is 0. The molecule has 0 radical (unpaired) electrons. The zero-order valence-electron chi connectivity index (χ0n) is 13.8. The smallest absolute Gasteiger partial charge is 0.173 e. The summed E-state index contributed by atoms with van der Waals surface area (Å²) < 4.78 is 12.6. The van der Waals surface area contributed by atoms with E-state index >= 15 is 0 Å². The summed E-state index contributed by atoms with van der Waals surface area (Å²) >= 11 is 0. The molecule has 0 N–H and O–H groups in total. The third kappa shape index (κ3) is 1.79. The fraction of sp³-hybridized carbons (Fsp3) is 0.286. The third-order valence-corrected chi connectivity index (χ3v) is 5.71. The predicted molar refractivity (Wildman–Crippen MR) is 96.5 cm³/mol. The molecule has 3 aliphatic heterocycles. The van der Waals surface area contributed by atoms with Crippen LogP contribution in [-0.4, -0.2) is 24.4 Å². The van der Waals surface area contributed by atoms with E-state index in [0.717, 1.165) is 48.3 Å². The van der Waals surface area contributed by atoms with Gasteiger partial charge in [-0.25, -0.2) is 0 Å². The van der Waals surface area contributed by atoms with Crippen LogP contribution in [0.15, 0.2) is 48.8 Å². The molecule has 0 saturated carbocycles. The number of pyridine rings is 1. The van der Waals surface area contributed by atoms with Gasteiger partial charge in [-0.05, 0) is 24.1 Å². The first-order chi connectivity index (χ1) is 12.4. The Bertz CT molecular complexity index is 1000. The van der Waals surface area contributed by atoms with Crippen LogP contribution in [0.5, 0.6) is 11.5 Å². The Morgan fingerprint density at radius 2 is 2.08 bits per heavy atom. The first kappa shape index (κ1) is 13.5. The van der Waals surface area contributed by atoms with Crippen molar-refractivity contribution in [2.45, 2.75) is 25.0 Å². The van der Waals surface area contributed by atoms with E-state index < -0.39 is 0 Å². The topological polar surface area (TPSA) is 34.6 Å². The summed E-state index contributed by atoms with van der Waals surface area (Å²) in [5.74, 6) is 2.39. The van der Waals surface area contributed by atoms with Crippen molar-refractivity contribution in [2.75, 3.05) is 18.1 Å². The van der Waals surface area contributed by atoms with E-state index in [1.165, 1.54) is 16.8 Å². The van der Waals surface area contributed by atoms with Crippen LogP contribution in [0.4, 0.5) is 5.69 Å². The maximum Gasteiger partial charge on any atom is 0.173 e. The summed E-state index contributed by atoms with van der Waals surface area (Å²) in [6.45, 7) is 1.74. The first-order valence-corrected chi connectivity index (χ1v) is 8.96. The van der Waals surface area contributed by atoms with Gasteiger partial charge in [-0.2, -0.15) is 0 Å². The third-order valence-electron chi connectivity index (χ3n) is 5.71. The Hall–Kier alpha value is -2.75. The molecule has 124 valence electrons. The van der Waals surface area contributed by atoms with Crippen LogP contribution in [0.25, 0.3) is 10.8 Å². The summed E-state index contributed by atoms with van der Waals surface area (Å²) in [5, 5.41) is 2.29. The maximum atomic E-state index is 6.56. The number of hydrogen-bond acceptors (Lipinski definition) is 4. The molecular weight excluding hydrogens is 312 g/mol. The molecule has 4 nitrogen and oxygen atoms in total. The lowest BCUT2D eigenvalue weighted by Crippen LogP contribution is -2.47. The van der Waals surface area contributed by atoms with E-state index in [9.17, 15) is 0 Å². The lowest BCUT2D eigenvalue weighted by Gasteiger charge is -2.45. The molecule has 2 atom stereocenters. The fourth-order valence-electron chi connectivity index (χ4n) is 4.62. The molecule has 0 aliphatic carbocycles. The highest BCUT2D eigenvalue weighted by Gasteiger charge is 2.42. The molecule has 25 heavy (non-hydrogen) atoms. The minimum atomic E-state index is 0.0756. The molecule has 4 heteroatoms. The average Bonchev–Trinajstić information content (AvgIpc) is 2.89. The SMILES string of the molecule is c1cc2c3c(c1)[C@H]1C[C@H](Oc4c1ccc1cnccc41)N3CCCO2. The van der Waals surface area contributed by atoms with Gasteiger partial charge in [-0.15, -0.1) is 0 Å². The van der Waals surface area contributed by atoms with Gasteiger partial charge in [0.05, 0.1) is 12.3 Å². The zero-order chi connectivity index (χ0) is 16.4. The normalized spacial score (nSPS) is 23.1. The number of anilines is 1. The highest BCUT2D eigenvalue weighted by molar-refractivity contribution is 5.90. The van der Waals surface area contributed by atoms with Gasteiger partial charge in [0, 0.05) is 47.6 Å². The molecule has 2 aromatic carbocycles. The standard InChI is InChI=1S/C21H18N2O2/c1-3-15-17-11-19(23-9-2-10-24-18(4-1)20(15)23)25-21-14-7-8-22-12-13(14)5-6-16(17)21/h1,3-8,12,17,19H,2,9-11H2/t17-,19+/m1/s1. The van der Waals surface area contributed by atoms with Gasteiger partial charge in [0.2, 0.25) is 0 Å². The lowest BCUT2D eigenvalue weighted by molar-refractivity contribution is 0.154. The fourth-order valence-corrected chi connectivity index (χ4v) is 4.62. The maximum absolute atomic E-state index is 6.56. The number of aromatic nitrogens is 1. The highest BCUT2D eigenvalue weighted by atomic mass is 16.5. The van der Waals surface area contributed by atoms with Crippen LogP contribution < -0.4 is 14.4 Å². The van der Waals surface area contributed by atoms with E-state index in [1.54, 1.807) is 0 Å². The summed E-state index contributed by atoms with van der Waals surface area (Å²) in [5.41, 5.74) is 3.89. The Morgan fingerprint density at radius 1 is 1.08 bits per heavy atom. The summed E-state index contributed by atoms with van der Waals surface area (Å²) in [6, 6.07) is 12.9. The van der Waals surface area contributed by atoms with Crippen molar-refractivity contribution in [1.82, 2.24) is 4.98 Å². The van der Waals surface area contributed by atoms with Crippen molar-refractivity contribution in [3.63, 3.8) is 0 Å². The van der Waals surface area contributed by atoms with E-state index in [-0.39, 0.29) is 6.23 Å². The number of nitrogens with zero attached hydrogens (tertiary/aromatic N) is 2. The number of para-hydroxylation sites is 1. The van der Waals surface area contributed by atoms with E-state index in [4.69, 9.17) is 9.47 Å². The quantitative estimate of drug-likeness (QED) is 0.622. The van der Waals surface area contributed by atoms with Gasteiger partial charge in [-0.1, -0.05) is 24.3 Å². The number of rotatable bonds is 0.